The molecule has 0 unspecified atom stereocenters. The van der Waals surface area contributed by atoms with Crippen LogP contribution < -0.4 is 0 Å². The lowest BCUT2D eigenvalue weighted by molar-refractivity contribution is -0.384. The number of carbonyl (C=O) groups excluding carboxylic acids is 2. The average molecular weight is 305 g/mol. The molecule has 0 saturated carbocycles. The molecule has 0 atom stereocenters. The fourth-order valence-corrected chi connectivity index (χ4v) is 2.43. The second-order valence-electron chi connectivity index (χ2n) is 5.58. The second-order valence-corrected chi connectivity index (χ2v) is 5.58. The lowest BCUT2D eigenvalue weighted by Gasteiger charge is -2.35. The van der Waals surface area contributed by atoms with E-state index in [1.165, 1.54) is 18.2 Å². The van der Waals surface area contributed by atoms with Gasteiger partial charge in [0.25, 0.3) is 11.6 Å². The maximum atomic E-state index is 12.4. The fraction of sp³-hybridized carbons (Fsp3) is 0.467. The van der Waals surface area contributed by atoms with Gasteiger partial charge >= 0.3 is 0 Å². The predicted molar refractivity (Wildman–Crippen MR) is 80.4 cm³/mol. The topological polar surface area (TPSA) is 83.8 Å². The van der Waals surface area contributed by atoms with Gasteiger partial charge in [-0.3, -0.25) is 19.7 Å². The lowest BCUT2D eigenvalue weighted by Crippen LogP contribution is -2.51. The first kappa shape index (κ1) is 15.9. The molecule has 1 aliphatic rings. The zero-order chi connectivity index (χ0) is 16.3. The Hall–Kier alpha value is -2.44. The molecular weight excluding hydrogens is 286 g/mol. The molecule has 7 nitrogen and oxygen atoms in total. The van der Waals surface area contributed by atoms with Crippen molar-refractivity contribution >= 4 is 17.5 Å². The van der Waals surface area contributed by atoms with Gasteiger partial charge in [0.1, 0.15) is 0 Å². The Morgan fingerprint density at radius 3 is 2.27 bits per heavy atom. The summed E-state index contributed by atoms with van der Waals surface area (Å²) in [6.07, 6.45) is 0. The molecule has 0 aromatic heterocycles. The van der Waals surface area contributed by atoms with Crippen molar-refractivity contribution in [1.29, 1.82) is 0 Å². The van der Waals surface area contributed by atoms with Gasteiger partial charge < -0.3 is 9.80 Å². The van der Waals surface area contributed by atoms with Gasteiger partial charge in [-0.1, -0.05) is 19.9 Å². The summed E-state index contributed by atoms with van der Waals surface area (Å²) in [5.41, 5.74) is 0.206. The maximum absolute atomic E-state index is 12.4. The SMILES string of the molecule is CC(C)C(=O)N1CCN(C(=O)c2cccc([N+](=O)[O-])c2)CC1. The Morgan fingerprint density at radius 1 is 1.14 bits per heavy atom. The largest absolute Gasteiger partial charge is 0.339 e. The molecule has 1 aromatic rings. The number of hydrogen-bond donors (Lipinski definition) is 0. The Labute approximate surface area is 128 Å². The van der Waals surface area contributed by atoms with Crippen LogP contribution >= 0.6 is 0 Å². The van der Waals surface area contributed by atoms with Crippen molar-refractivity contribution < 1.29 is 14.5 Å². The molecular formula is C15H19N3O4. The Balaban J connectivity index is 2.02. The van der Waals surface area contributed by atoms with Crippen LogP contribution in [0.4, 0.5) is 5.69 Å². The van der Waals surface area contributed by atoms with E-state index < -0.39 is 4.92 Å². The molecule has 118 valence electrons. The summed E-state index contributed by atoms with van der Waals surface area (Å²) in [6.45, 7) is 5.58. The number of hydrogen-bond acceptors (Lipinski definition) is 4. The standard InChI is InChI=1S/C15H19N3O4/c1-11(2)14(19)16-6-8-17(9-7-16)15(20)12-4-3-5-13(10-12)18(21)22/h3-5,10-11H,6-9H2,1-2H3. The highest BCUT2D eigenvalue weighted by Crippen LogP contribution is 2.16. The first-order valence-corrected chi connectivity index (χ1v) is 7.22. The van der Waals surface area contributed by atoms with Crippen molar-refractivity contribution in [3.05, 3.63) is 39.9 Å². The van der Waals surface area contributed by atoms with Gasteiger partial charge in [0.15, 0.2) is 0 Å². The number of nitrogens with zero attached hydrogens (tertiary/aromatic N) is 3. The number of piperazine rings is 1. The highest BCUT2D eigenvalue weighted by Gasteiger charge is 2.26. The minimum absolute atomic E-state index is 0.0565. The van der Waals surface area contributed by atoms with Crippen LogP contribution in [0, 0.1) is 16.0 Å². The Morgan fingerprint density at radius 2 is 1.73 bits per heavy atom. The molecule has 1 heterocycles. The molecule has 22 heavy (non-hydrogen) atoms. The van der Waals surface area contributed by atoms with Crippen LogP contribution in [0.15, 0.2) is 24.3 Å². The molecule has 1 aliphatic heterocycles. The summed E-state index contributed by atoms with van der Waals surface area (Å²) in [5.74, 6) is -0.207. The highest BCUT2D eigenvalue weighted by molar-refractivity contribution is 5.95. The molecule has 7 heteroatoms. The summed E-state index contributed by atoms with van der Waals surface area (Å²) in [5, 5.41) is 10.8. The van der Waals surface area contributed by atoms with Gasteiger partial charge in [-0.2, -0.15) is 0 Å². The number of nitro benzene ring substituents is 1. The summed E-state index contributed by atoms with van der Waals surface area (Å²) in [6, 6.07) is 5.72. The number of rotatable bonds is 3. The van der Waals surface area contributed by atoms with Crippen LogP contribution in [0.1, 0.15) is 24.2 Å². The molecule has 0 spiro atoms. The summed E-state index contributed by atoms with van der Waals surface area (Å²) in [7, 11) is 0. The molecule has 1 saturated heterocycles. The van der Waals surface area contributed by atoms with E-state index in [1.807, 2.05) is 13.8 Å². The maximum Gasteiger partial charge on any atom is 0.270 e. The summed E-state index contributed by atoms with van der Waals surface area (Å²) in [4.78, 5) is 37.9. The molecule has 2 rings (SSSR count). The quantitative estimate of drug-likeness (QED) is 0.626. The minimum atomic E-state index is -0.518. The summed E-state index contributed by atoms with van der Waals surface area (Å²) >= 11 is 0. The van der Waals surface area contributed by atoms with Crippen molar-refractivity contribution in [2.75, 3.05) is 26.2 Å². The van der Waals surface area contributed by atoms with E-state index in [0.717, 1.165) is 0 Å². The van der Waals surface area contributed by atoms with E-state index in [9.17, 15) is 19.7 Å². The Kier molecular flexibility index (Phi) is 4.75. The van der Waals surface area contributed by atoms with E-state index >= 15 is 0 Å². The van der Waals surface area contributed by atoms with Crippen LogP contribution in [-0.2, 0) is 4.79 Å². The van der Waals surface area contributed by atoms with E-state index in [1.54, 1.807) is 15.9 Å². The number of benzene rings is 1. The third-order valence-corrected chi connectivity index (χ3v) is 3.68. The molecule has 0 radical (unpaired) electrons. The van der Waals surface area contributed by atoms with Crippen LogP contribution in [0.3, 0.4) is 0 Å². The number of amides is 2. The molecule has 2 amide bonds. The molecule has 0 bridgehead atoms. The Bertz CT molecular complexity index is 592. The van der Waals surface area contributed by atoms with E-state index in [-0.39, 0.29) is 23.4 Å². The fourth-order valence-electron chi connectivity index (χ4n) is 2.43. The van der Waals surface area contributed by atoms with Gasteiger partial charge in [-0.25, -0.2) is 0 Å². The number of non-ortho nitro benzene ring substituents is 1. The third kappa shape index (κ3) is 3.41. The average Bonchev–Trinajstić information content (AvgIpc) is 2.53. The van der Waals surface area contributed by atoms with Crippen LogP contribution in [0.2, 0.25) is 0 Å². The number of nitro groups is 1. The molecule has 0 N–H and O–H groups in total. The smallest absolute Gasteiger partial charge is 0.270 e. The molecule has 1 aromatic carbocycles. The van der Waals surface area contributed by atoms with Gasteiger partial charge in [0.2, 0.25) is 5.91 Å². The third-order valence-electron chi connectivity index (χ3n) is 3.68. The van der Waals surface area contributed by atoms with Crippen molar-refractivity contribution in [2.24, 2.45) is 5.92 Å². The van der Waals surface area contributed by atoms with Crippen molar-refractivity contribution in [2.45, 2.75) is 13.8 Å². The van der Waals surface area contributed by atoms with Gasteiger partial charge in [0.05, 0.1) is 4.92 Å². The zero-order valence-electron chi connectivity index (χ0n) is 12.7. The first-order chi connectivity index (χ1) is 10.4. The highest BCUT2D eigenvalue weighted by atomic mass is 16.6. The molecule has 0 aliphatic carbocycles. The predicted octanol–water partition coefficient (Wildman–Crippen LogP) is 1.54. The second kappa shape index (κ2) is 6.55. The van der Waals surface area contributed by atoms with Gasteiger partial charge in [0, 0.05) is 49.8 Å². The summed E-state index contributed by atoms with van der Waals surface area (Å²) < 4.78 is 0. The molecule has 1 fully saturated rings. The van der Waals surface area contributed by atoms with Gasteiger partial charge in [-0.15, -0.1) is 0 Å². The van der Waals surface area contributed by atoms with E-state index in [0.29, 0.717) is 31.7 Å². The van der Waals surface area contributed by atoms with Crippen LogP contribution in [0.5, 0.6) is 0 Å². The first-order valence-electron chi connectivity index (χ1n) is 7.22. The lowest BCUT2D eigenvalue weighted by atomic mass is 10.1. The van der Waals surface area contributed by atoms with E-state index in [2.05, 4.69) is 0 Å². The van der Waals surface area contributed by atoms with Crippen LogP contribution in [0.25, 0.3) is 0 Å². The van der Waals surface area contributed by atoms with E-state index in [4.69, 9.17) is 0 Å². The number of carbonyl (C=O) groups is 2. The normalized spacial score (nSPS) is 15.0. The zero-order valence-corrected chi connectivity index (χ0v) is 12.7. The van der Waals surface area contributed by atoms with Crippen molar-refractivity contribution in [1.82, 2.24) is 9.80 Å². The van der Waals surface area contributed by atoms with Crippen molar-refractivity contribution in [3.8, 4) is 0 Å². The van der Waals surface area contributed by atoms with Crippen molar-refractivity contribution in [3.63, 3.8) is 0 Å². The van der Waals surface area contributed by atoms with Crippen LogP contribution in [-0.4, -0.2) is 52.7 Å². The monoisotopic (exact) mass is 305 g/mol. The van der Waals surface area contributed by atoms with Gasteiger partial charge in [-0.05, 0) is 6.07 Å². The minimum Gasteiger partial charge on any atom is -0.339 e.